The average molecular weight is 290 g/mol. The van der Waals surface area contributed by atoms with E-state index in [1.165, 1.54) is 11.3 Å². The minimum Gasteiger partial charge on any atom is -0.370 e. The number of hydrazine groups is 1. The Balaban J connectivity index is 2.11. The summed E-state index contributed by atoms with van der Waals surface area (Å²) in [5.41, 5.74) is 3.35. The van der Waals surface area contributed by atoms with Gasteiger partial charge in [0.05, 0.1) is 12.6 Å². The van der Waals surface area contributed by atoms with Gasteiger partial charge in [-0.25, -0.2) is 0 Å². The van der Waals surface area contributed by atoms with Gasteiger partial charge in [-0.15, -0.1) is 11.3 Å². The second-order valence-corrected chi connectivity index (χ2v) is 4.95. The van der Waals surface area contributed by atoms with Crippen molar-refractivity contribution in [3.8, 4) is 0 Å². The molecule has 3 N–H and O–H groups in total. The monoisotopic (exact) mass is 290 g/mol. The molecule has 2 rings (SSSR count). The molecule has 19 heavy (non-hydrogen) atoms. The largest absolute Gasteiger partial charge is 0.411 e. The number of nitrogens with one attached hydrogen (secondary N) is 1. The van der Waals surface area contributed by atoms with Gasteiger partial charge in [0, 0.05) is 4.70 Å². The Morgan fingerprint density at radius 3 is 2.79 bits per heavy atom. The van der Waals surface area contributed by atoms with Gasteiger partial charge in [0.2, 0.25) is 0 Å². The number of thiophene rings is 1. The third kappa shape index (κ3) is 3.66. The van der Waals surface area contributed by atoms with Gasteiger partial charge in [-0.05, 0) is 22.4 Å². The SMILES string of the molecule is NNC(COCC(F)(F)F)c1cccc2ccsc12. The predicted octanol–water partition coefficient (Wildman–Crippen LogP) is 2.98. The molecular weight excluding hydrogens is 277 g/mol. The summed E-state index contributed by atoms with van der Waals surface area (Å²) in [5, 5.41) is 2.97. The summed E-state index contributed by atoms with van der Waals surface area (Å²) in [6.45, 7) is -1.40. The zero-order valence-electron chi connectivity index (χ0n) is 9.91. The third-order valence-corrected chi connectivity index (χ3v) is 3.62. The third-order valence-electron chi connectivity index (χ3n) is 2.64. The van der Waals surface area contributed by atoms with Crippen molar-refractivity contribution in [2.75, 3.05) is 13.2 Å². The number of hydrogen-bond donors (Lipinski definition) is 2. The van der Waals surface area contributed by atoms with E-state index in [0.717, 1.165) is 15.6 Å². The maximum Gasteiger partial charge on any atom is 0.411 e. The number of fused-ring (bicyclic) bond motifs is 1. The van der Waals surface area contributed by atoms with E-state index in [-0.39, 0.29) is 6.61 Å². The number of benzene rings is 1. The highest BCUT2D eigenvalue weighted by Crippen LogP contribution is 2.29. The molecule has 0 saturated carbocycles. The number of hydrogen-bond acceptors (Lipinski definition) is 4. The lowest BCUT2D eigenvalue weighted by atomic mass is 10.1. The fraction of sp³-hybridized carbons (Fsp3) is 0.333. The van der Waals surface area contributed by atoms with Gasteiger partial charge in [-0.2, -0.15) is 13.2 Å². The molecule has 0 aliphatic heterocycles. The molecule has 1 unspecified atom stereocenters. The van der Waals surface area contributed by atoms with Crippen LogP contribution < -0.4 is 11.3 Å². The van der Waals surface area contributed by atoms with Crippen LogP contribution in [0.2, 0.25) is 0 Å². The van der Waals surface area contributed by atoms with Crippen LogP contribution in [-0.2, 0) is 4.74 Å². The highest BCUT2D eigenvalue weighted by Gasteiger charge is 2.28. The molecular formula is C12H13F3N2OS. The lowest BCUT2D eigenvalue weighted by Crippen LogP contribution is -2.32. The van der Waals surface area contributed by atoms with E-state index in [1.54, 1.807) is 0 Å². The maximum absolute atomic E-state index is 12.0. The van der Waals surface area contributed by atoms with Crippen LogP contribution in [0.15, 0.2) is 29.6 Å². The molecule has 1 aromatic heterocycles. The van der Waals surface area contributed by atoms with Gasteiger partial charge >= 0.3 is 6.18 Å². The zero-order valence-corrected chi connectivity index (χ0v) is 10.7. The molecule has 1 atom stereocenters. The van der Waals surface area contributed by atoms with Crippen molar-refractivity contribution >= 4 is 21.4 Å². The molecule has 0 aliphatic rings. The lowest BCUT2D eigenvalue weighted by Gasteiger charge is -2.18. The Hall–Kier alpha value is -1.15. The van der Waals surface area contributed by atoms with Crippen LogP contribution in [-0.4, -0.2) is 19.4 Å². The molecule has 3 nitrogen and oxygen atoms in total. The Kier molecular flexibility index (Phi) is 4.41. The van der Waals surface area contributed by atoms with Gasteiger partial charge in [0.1, 0.15) is 6.61 Å². The second-order valence-electron chi connectivity index (χ2n) is 4.04. The molecule has 0 fully saturated rings. The Labute approximate surface area is 112 Å². The highest BCUT2D eigenvalue weighted by molar-refractivity contribution is 7.17. The van der Waals surface area contributed by atoms with Crippen LogP contribution in [0.4, 0.5) is 13.2 Å². The van der Waals surface area contributed by atoms with Crippen molar-refractivity contribution in [1.82, 2.24) is 5.43 Å². The first kappa shape index (κ1) is 14.3. The molecule has 104 valence electrons. The number of nitrogens with two attached hydrogens (primary N) is 1. The lowest BCUT2D eigenvalue weighted by molar-refractivity contribution is -0.175. The summed E-state index contributed by atoms with van der Waals surface area (Å²) < 4.78 is 41.8. The van der Waals surface area contributed by atoms with Crippen molar-refractivity contribution in [3.63, 3.8) is 0 Å². The van der Waals surface area contributed by atoms with E-state index in [0.29, 0.717) is 0 Å². The van der Waals surface area contributed by atoms with Crippen LogP contribution in [0, 0.1) is 0 Å². The molecule has 1 heterocycles. The standard InChI is InChI=1S/C12H13F3N2OS/c13-12(14,15)7-18-6-10(17-16)9-3-1-2-8-4-5-19-11(8)9/h1-5,10,17H,6-7,16H2. The molecule has 0 saturated heterocycles. The van der Waals surface area contributed by atoms with E-state index in [9.17, 15) is 13.2 Å². The smallest absolute Gasteiger partial charge is 0.370 e. The first-order chi connectivity index (χ1) is 9.01. The minimum absolute atomic E-state index is 0.132. The van der Waals surface area contributed by atoms with Gasteiger partial charge < -0.3 is 4.74 Å². The normalized spacial score (nSPS) is 13.9. The molecule has 2 aromatic rings. The molecule has 0 bridgehead atoms. The highest BCUT2D eigenvalue weighted by atomic mass is 32.1. The second kappa shape index (κ2) is 5.87. The number of rotatable bonds is 5. The number of halogens is 3. The molecule has 0 spiro atoms. The van der Waals surface area contributed by atoms with Crippen molar-refractivity contribution < 1.29 is 17.9 Å². The number of alkyl halides is 3. The van der Waals surface area contributed by atoms with Crippen LogP contribution >= 0.6 is 11.3 Å². The van der Waals surface area contributed by atoms with Crippen molar-refractivity contribution in [1.29, 1.82) is 0 Å². The summed E-state index contributed by atoms with van der Waals surface area (Å²) in [5.74, 6) is 5.41. The molecule has 1 aromatic carbocycles. The summed E-state index contributed by atoms with van der Waals surface area (Å²) in [4.78, 5) is 0. The average Bonchev–Trinajstić information content (AvgIpc) is 2.81. The Morgan fingerprint density at radius 2 is 2.11 bits per heavy atom. The van der Waals surface area contributed by atoms with E-state index >= 15 is 0 Å². The first-order valence-electron chi connectivity index (χ1n) is 5.58. The molecule has 0 radical (unpaired) electrons. The quantitative estimate of drug-likeness (QED) is 0.657. The van der Waals surface area contributed by atoms with Gasteiger partial charge in [0.15, 0.2) is 0 Å². The fourth-order valence-electron chi connectivity index (χ4n) is 1.81. The van der Waals surface area contributed by atoms with Gasteiger partial charge in [-0.3, -0.25) is 11.3 Å². The summed E-state index contributed by atoms with van der Waals surface area (Å²) in [6.07, 6.45) is -4.33. The van der Waals surface area contributed by atoms with Gasteiger partial charge in [-0.1, -0.05) is 18.2 Å². The molecule has 0 amide bonds. The van der Waals surface area contributed by atoms with Crippen LogP contribution in [0.1, 0.15) is 11.6 Å². The Bertz CT molecular complexity index is 541. The van der Waals surface area contributed by atoms with Crippen LogP contribution in [0.3, 0.4) is 0 Å². The van der Waals surface area contributed by atoms with Crippen molar-refractivity contribution in [2.45, 2.75) is 12.2 Å². The maximum atomic E-state index is 12.0. The fourth-order valence-corrected chi connectivity index (χ4v) is 2.78. The van der Waals surface area contributed by atoms with E-state index in [4.69, 9.17) is 5.84 Å². The van der Waals surface area contributed by atoms with Crippen molar-refractivity contribution in [2.24, 2.45) is 5.84 Å². The van der Waals surface area contributed by atoms with E-state index in [1.807, 2.05) is 29.6 Å². The molecule has 0 aliphatic carbocycles. The van der Waals surface area contributed by atoms with E-state index < -0.39 is 18.8 Å². The predicted molar refractivity (Wildman–Crippen MR) is 68.8 cm³/mol. The Morgan fingerprint density at radius 1 is 1.32 bits per heavy atom. The first-order valence-corrected chi connectivity index (χ1v) is 6.46. The topological polar surface area (TPSA) is 47.3 Å². The number of ether oxygens (including phenoxy) is 1. The van der Waals surface area contributed by atoms with Crippen LogP contribution in [0.25, 0.3) is 10.1 Å². The summed E-state index contributed by atoms with van der Waals surface area (Å²) in [6, 6.07) is 7.11. The van der Waals surface area contributed by atoms with Gasteiger partial charge in [0.25, 0.3) is 0 Å². The van der Waals surface area contributed by atoms with E-state index in [2.05, 4.69) is 10.2 Å². The molecule has 7 heteroatoms. The minimum atomic E-state index is -4.33. The van der Waals surface area contributed by atoms with Crippen LogP contribution in [0.5, 0.6) is 0 Å². The van der Waals surface area contributed by atoms with Crippen molar-refractivity contribution in [3.05, 3.63) is 35.2 Å². The summed E-state index contributed by atoms with van der Waals surface area (Å²) in [7, 11) is 0. The summed E-state index contributed by atoms with van der Waals surface area (Å²) >= 11 is 1.52. The zero-order chi connectivity index (χ0) is 13.9.